The lowest BCUT2D eigenvalue weighted by molar-refractivity contribution is -0.117. The summed E-state index contributed by atoms with van der Waals surface area (Å²) in [5.41, 5.74) is 3.02. The number of thioether (sulfide) groups is 1. The minimum Gasteiger partial charge on any atom is -0.316 e. The van der Waals surface area contributed by atoms with Crippen LogP contribution in [0.5, 0.6) is 0 Å². The van der Waals surface area contributed by atoms with Gasteiger partial charge < -0.3 is 4.57 Å². The number of benzene rings is 2. The van der Waals surface area contributed by atoms with Gasteiger partial charge in [-0.2, -0.15) is 16.8 Å². The van der Waals surface area contributed by atoms with Gasteiger partial charge in [0.1, 0.15) is 0 Å². The Labute approximate surface area is 185 Å². The number of aryl methyl sites for hydroxylation is 2. The first-order chi connectivity index (χ1) is 14.2. The van der Waals surface area contributed by atoms with Gasteiger partial charge in [-0.3, -0.25) is 4.79 Å². The monoisotopic (exact) mass is 462 g/mol. The van der Waals surface area contributed by atoms with E-state index in [4.69, 9.17) is 0 Å². The molecule has 0 saturated heterocycles. The zero-order valence-electron chi connectivity index (χ0n) is 17.6. The number of aromatic nitrogens is 1. The highest BCUT2D eigenvalue weighted by molar-refractivity contribution is 7.98. The summed E-state index contributed by atoms with van der Waals surface area (Å²) in [5, 5.41) is -0.478. The minimum absolute atomic E-state index is 0.137. The maximum absolute atomic E-state index is 12.6. The molecule has 0 fully saturated rings. The molecule has 2 aromatic carbocycles. The molecule has 0 aliphatic rings. The quantitative estimate of drug-likeness (QED) is 0.527. The van der Waals surface area contributed by atoms with Crippen LogP contribution < -0.4 is 4.80 Å². The third-order valence-electron chi connectivity index (χ3n) is 4.81. The fraction of sp³-hybridized carbons (Fsp3) is 0.364. The average Bonchev–Trinajstić information content (AvgIpc) is 3.02. The van der Waals surface area contributed by atoms with Crippen LogP contribution >= 0.6 is 23.1 Å². The highest BCUT2D eigenvalue weighted by Crippen LogP contribution is 2.20. The number of carbonyl (C=O) groups is 1. The number of fused-ring (bicyclic) bond motifs is 1. The van der Waals surface area contributed by atoms with E-state index < -0.39 is 15.1 Å². The SMILES string of the molecule is CSCCn1c(=NC(=O)Cc2ccc(S(=O)(=O)C(C)C)cc2)sc2cc(C)ccc21. The van der Waals surface area contributed by atoms with E-state index in [-0.39, 0.29) is 17.2 Å². The van der Waals surface area contributed by atoms with Crippen molar-refractivity contribution in [3.8, 4) is 0 Å². The maximum Gasteiger partial charge on any atom is 0.252 e. The number of amides is 1. The Kier molecular flexibility index (Phi) is 7.21. The summed E-state index contributed by atoms with van der Waals surface area (Å²) in [6.45, 7) is 6.16. The Morgan fingerprint density at radius 3 is 2.50 bits per heavy atom. The summed E-state index contributed by atoms with van der Waals surface area (Å²) in [6, 6.07) is 12.8. The van der Waals surface area contributed by atoms with E-state index >= 15 is 0 Å². The number of carbonyl (C=O) groups excluding carboxylic acids is 1. The van der Waals surface area contributed by atoms with Crippen LogP contribution in [-0.2, 0) is 27.6 Å². The lowest BCUT2D eigenvalue weighted by Crippen LogP contribution is -2.18. The topological polar surface area (TPSA) is 68.5 Å². The van der Waals surface area contributed by atoms with Gasteiger partial charge in [-0.1, -0.05) is 29.5 Å². The fourth-order valence-corrected chi connectivity index (χ4v) is 5.65. The van der Waals surface area contributed by atoms with E-state index in [0.29, 0.717) is 4.80 Å². The summed E-state index contributed by atoms with van der Waals surface area (Å²) in [6.07, 6.45) is 2.20. The molecule has 160 valence electrons. The standard InChI is InChI=1S/C22H26N2O3S3/c1-15(2)30(26,27)18-8-6-17(7-9-18)14-21(25)23-22-24(11-12-28-4)19-10-5-16(3)13-20(19)29-22/h5-10,13,15H,11-12,14H2,1-4H3. The molecule has 5 nitrogen and oxygen atoms in total. The third kappa shape index (κ3) is 5.04. The van der Waals surface area contributed by atoms with E-state index in [1.807, 2.05) is 0 Å². The molecule has 1 heterocycles. The van der Waals surface area contributed by atoms with Crippen LogP contribution in [0.25, 0.3) is 10.2 Å². The van der Waals surface area contributed by atoms with Gasteiger partial charge >= 0.3 is 0 Å². The van der Waals surface area contributed by atoms with Gasteiger partial charge in [0.2, 0.25) is 0 Å². The van der Waals surface area contributed by atoms with Crippen molar-refractivity contribution in [1.82, 2.24) is 4.57 Å². The van der Waals surface area contributed by atoms with Gasteiger partial charge in [-0.05, 0) is 62.4 Å². The number of thiazole rings is 1. The first kappa shape index (κ1) is 22.8. The van der Waals surface area contributed by atoms with E-state index in [2.05, 4.69) is 40.9 Å². The number of sulfone groups is 1. The molecule has 3 rings (SSSR count). The van der Waals surface area contributed by atoms with Crippen molar-refractivity contribution >= 4 is 49.1 Å². The largest absolute Gasteiger partial charge is 0.316 e. The van der Waals surface area contributed by atoms with Crippen molar-refractivity contribution in [1.29, 1.82) is 0 Å². The number of hydrogen-bond donors (Lipinski definition) is 0. The van der Waals surface area contributed by atoms with E-state index in [1.54, 1.807) is 49.9 Å². The second kappa shape index (κ2) is 9.49. The molecule has 30 heavy (non-hydrogen) atoms. The highest BCUT2D eigenvalue weighted by atomic mass is 32.2. The zero-order chi connectivity index (χ0) is 21.9. The summed E-state index contributed by atoms with van der Waals surface area (Å²) < 4.78 is 27.7. The molecule has 3 aromatic rings. The molecule has 1 aromatic heterocycles. The molecular weight excluding hydrogens is 436 g/mol. The van der Waals surface area contributed by atoms with Crippen molar-refractivity contribution in [3.63, 3.8) is 0 Å². The van der Waals surface area contributed by atoms with Gasteiger partial charge in [-0.15, -0.1) is 0 Å². The van der Waals surface area contributed by atoms with Gasteiger partial charge in [0.15, 0.2) is 14.6 Å². The predicted octanol–water partition coefficient (Wildman–Crippen LogP) is 4.23. The number of nitrogens with zero attached hydrogens (tertiary/aromatic N) is 2. The van der Waals surface area contributed by atoms with Gasteiger partial charge in [-0.25, -0.2) is 8.42 Å². The molecule has 0 aliphatic heterocycles. The van der Waals surface area contributed by atoms with Crippen LogP contribution in [0.4, 0.5) is 0 Å². The molecule has 0 spiro atoms. The predicted molar refractivity (Wildman–Crippen MR) is 126 cm³/mol. The summed E-state index contributed by atoms with van der Waals surface area (Å²) >= 11 is 3.28. The van der Waals surface area contributed by atoms with Crippen molar-refractivity contribution in [2.24, 2.45) is 4.99 Å². The molecule has 0 aliphatic carbocycles. The number of hydrogen-bond acceptors (Lipinski definition) is 5. The second-order valence-corrected chi connectivity index (χ2v) is 11.9. The lowest BCUT2D eigenvalue weighted by atomic mass is 10.1. The van der Waals surface area contributed by atoms with Crippen LogP contribution in [0.2, 0.25) is 0 Å². The Hall–Kier alpha value is -1.90. The third-order valence-corrected chi connectivity index (χ3v) is 8.61. The van der Waals surface area contributed by atoms with Crippen molar-refractivity contribution in [2.45, 2.75) is 43.9 Å². The Morgan fingerprint density at radius 1 is 1.17 bits per heavy atom. The molecule has 0 atom stereocenters. The van der Waals surface area contributed by atoms with Crippen LogP contribution in [0.3, 0.4) is 0 Å². The van der Waals surface area contributed by atoms with Gasteiger partial charge in [0.25, 0.3) is 5.91 Å². The minimum atomic E-state index is -3.32. The first-order valence-electron chi connectivity index (χ1n) is 9.71. The summed E-state index contributed by atoms with van der Waals surface area (Å²) in [5.74, 6) is 0.697. The normalized spacial score (nSPS) is 12.8. The summed E-state index contributed by atoms with van der Waals surface area (Å²) in [4.78, 5) is 18.0. The lowest BCUT2D eigenvalue weighted by Gasteiger charge is -2.08. The molecule has 0 N–H and O–H groups in total. The zero-order valence-corrected chi connectivity index (χ0v) is 20.0. The Morgan fingerprint density at radius 2 is 1.87 bits per heavy atom. The second-order valence-electron chi connectivity index (χ2n) is 7.42. The van der Waals surface area contributed by atoms with E-state index in [0.717, 1.165) is 28.1 Å². The fourth-order valence-electron chi connectivity index (χ4n) is 3.05. The van der Waals surface area contributed by atoms with Crippen molar-refractivity contribution in [3.05, 3.63) is 58.4 Å². The van der Waals surface area contributed by atoms with Gasteiger partial charge in [0, 0.05) is 12.3 Å². The summed E-state index contributed by atoms with van der Waals surface area (Å²) in [7, 11) is -3.32. The molecule has 0 radical (unpaired) electrons. The first-order valence-corrected chi connectivity index (χ1v) is 13.5. The maximum atomic E-state index is 12.6. The number of rotatable bonds is 7. The van der Waals surface area contributed by atoms with Crippen LogP contribution in [-0.4, -0.2) is 36.2 Å². The average molecular weight is 463 g/mol. The van der Waals surface area contributed by atoms with E-state index in [9.17, 15) is 13.2 Å². The van der Waals surface area contributed by atoms with Crippen molar-refractivity contribution < 1.29 is 13.2 Å². The smallest absolute Gasteiger partial charge is 0.252 e. The Bertz CT molecular complexity index is 1220. The van der Waals surface area contributed by atoms with Crippen LogP contribution in [0, 0.1) is 6.92 Å². The molecule has 1 amide bonds. The molecular formula is C22H26N2O3S3. The van der Waals surface area contributed by atoms with Crippen LogP contribution in [0.15, 0.2) is 52.4 Å². The molecule has 0 unspecified atom stereocenters. The van der Waals surface area contributed by atoms with Gasteiger partial charge in [0.05, 0.1) is 26.8 Å². The molecule has 8 heteroatoms. The molecule has 0 saturated carbocycles. The van der Waals surface area contributed by atoms with Crippen LogP contribution in [0.1, 0.15) is 25.0 Å². The molecule has 0 bridgehead atoms. The van der Waals surface area contributed by atoms with E-state index in [1.165, 1.54) is 16.9 Å². The van der Waals surface area contributed by atoms with Crippen molar-refractivity contribution in [2.75, 3.05) is 12.0 Å². The highest BCUT2D eigenvalue weighted by Gasteiger charge is 2.19. The Balaban J connectivity index is 1.88.